The van der Waals surface area contributed by atoms with Crippen LogP contribution >= 0.6 is 11.6 Å². The van der Waals surface area contributed by atoms with Crippen molar-refractivity contribution in [2.24, 2.45) is 0 Å². The maximum absolute atomic E-state index is 13.0. The molecule has 0 saturated carbocycles. The smallest absolute Gasteiger partial charge is 0.419 e. The van der Waals surface area contributed by atoms with E-state index in [1.807, 2.05) is 24.3 Å². The summed E-state index contributed by atoms with van der Waals surface area (Å²) >= 11 is 6.41. The van der Waals surface area contributed by atoms with Crippen LogP contribution in [0.3, 0.4) is 0 Å². The number of hydrogen-bond donors (Lipinski definition) is 1. The number of ether oxygens (including phenoxy) is 1. The summed E-state index contributed by atoms with van der Waals surface area (Å²) in [6, 6.07) is 21.1. The SMILES string of the molecule is CCOC(=O)N(c1ccccc1Cl)c1c(-c2ccc(-c3ccc(C(=O)O)cc3)cc2)noc1C. The van der Waals surface area contributed by atoms with Crippen LogP contribution in [-0.4, -0.2) is 28.9 Å². The average Bonchev–Trinajstić information content (AvgIpc) is 3.22. The predicted molar refractivity (Wildman–Crippen MR) is 130 cm³/mol. The summed E-state index contributed by atoms with van der Waals surface area (Å²) in [4.78, 5) is 25.4. The van der Waals surface area contributed by atoms with Gasteiger partial charge in [0.2, 0.25) is 0 Å². The second-order valence-electron chi connectivity index (χ2n) is 7.38. The van der Waals surface area contributed by atoms with Crippen LogP contribution in [-0.2, 0) is 4.74 Å². The lowest BCUT2D eigenvalue weighted by molar-refractivity contribution is 0.0697. The first kappa shape index (κ1) is 23.1. The van der Waals surface area contributed by atoms with Crippen LogP contribution in [0.4, 0.5) is 16.2 Å². The Hall–Kier alpha value is -4.10. The van der Waals surface area contributed by atoms with Gasteiger partial charge >= 0.3 is 12.1 Å². The number of para-hydroxylation sites is 1. The number of carbonyl (C=O) groups is 2. The molecule has 4 aromatic rings. The topological polar surface area (TPSA) is 92.9 Å². The largest absolute Gasteiger partial charge is 0.478 e. The summed E-state index contributed by atoms with van der Waals surface area (Å²) < 4.78 is 10.8. The predicted octanol–water partition coefficient (Wildman–Crippen LogP) is 6.96. The van der Waals surface area contributed by atoms with Crippen LogP contribution in [0, 0.1) is 6.92 Å². The molecule has 0 unspecified atom stereocenters. The zero-order valence-electron chi connectivity index (χ0n) is 18.5. The number of anilines is 2. The number of benzene rings is 3. The van der Waals surface area contributed by atoms with Gasteiger partial charge in [-0.2, -0.15) is 0 Å². The molecule has 0 radical (unpaired) electrons. The molecular formula is C26H21ClN2O5. The molecule has 1 aromatic heterocycles. The third kappa shape index (κ3) is 4.51. The lowest BCUT2D eigenvalue weighted by atomic mass is 10.0. The van der Waals surface area contributed by atoms with Gasteiger partial charge in [0.15, 0.2) is 5.76 Å². The van der Waals surface area contributed by atoms with Crippen molar-refractivity contribution in [3.63, 3.8) is 0 Å². The van der Waals surface area contributed by atoms with Gasteiger partial charge in [0.25, 0.3) is 0 Å². The Morgan fingerprint density at radius 3 is 2.15 bits per heavy atom. The fourth-order valence-corrected chi connectivity index (χ4v) is 3.80. The van der Waals surface area contributed by atoms with Crippen LogP contribution in [0.1, 0.15) is 23.0 Å². The summed E-state index contributed by atoms with van der Waals surface area (Å²) in [5.41, 5.74) is 4.06. The minimum atomic E-state index is -0.972. The number of halogens is 1. The molecule has 0 bridgehead atoms. The fourth-order valence-electron chi connectivity index (χ4n) is 3.58. The quantitative estimate of drug-likeness (QED) is 0.323. The molecule has 172 valence electrons. The Morgan fingerprint density at radius 1 is 0.971 bits per heavy atom. The molecule has 0 atom stereocenters. The Kier molecular flexibility index (Phi) is 6.65. The molecule has 1 heterocycles. The Bertz CT molecular complexity index is 1330. The van der Waals surface area contributed by atoms with E-state index in [0.29, 0.717) is 27.9 Å². The minimum absolute atomic E-state index is 0.189. The van der Waals surface area contributed by atoms with Crippen LogP contribution in [0.5, 0.6) is 0 Å². The number of aryl methyl sites for hydroxylation is 1. The van der Waals surface area contributed by atoms with Gasteiger partial charge in [0.05, 0.1) is 22.9 Å². The van der Waals surface area contributed by atoms with E-state index in [4.69, 9.17) is 26.0 Å². The van der Waals surface area contributed by atoms with Gasteiger partial charge < -0.3 is 14.4 Å². The van der Waals surface area contributed by atoms with Crippen molar-refractivity contribution in [3.8, 4) is 22.4 Å². The van der Waals surface area contributed by atoms with Gasteiger partial charge in [0, 0.05) is 5.56 Å². The molecule has 1 amide bonds. The van der Waals surface area contributed by atoms with Crippen molar-refractivity contribution in [1.82, 2.24) is 5.16 Å². The van der Waals surface area contributed by atoms with Crippen LogP contribution < -0.4 is 4.90 Å². The van der Waals surface area contributed by atoms with E-state index >= 15 is 0 Å². The highest BCUT2D eigenvalue weighted by molar-refractivity contribution is 6.34. The average molecular weight is 477 g/mol. The lowest BCUT2D eigenvalue weighted by Crippen LogP contribution is -2.27. The van der Waals surface area contributed by atoms with Gasteiger partial charge in [0.1, 0.15) is 11.4 Å². The van der Waals surface area contributed by atoms with E-state index in [9.17, 15) is 9.59 Å². The first-order valence-corrected chi connectivity index (χ1v) is 10.9. The van der Waals surface area contributed by atoms with E-state index < -0.39 is 12.1 Å². The summed E-state index contributed by atoms with van der Waals surface area (Å²) in [5, 5.41) is 13.7. The maximum Gasteiger partial charge on any atom is 0.419 e. The molecule has 0 aliphatic rings. The summed E-state index contributed by atoms with van der Waals surface area (Å²) in [5.74, 6) is -0.545. The van der Waals surface area contributed by atoms with Crippen molar-refractivity contribution in [3.05, 3.63) is 89.1 Å². The molecule has 34 heavy (non-hydrogen) atoms. The molecule has 4 rings (SSSR count). The highest BCUT2D eigenvalue weighted by Gasteiger charge is 2.29. The molecule has 7 nitrogen and oxygen atoms in total. The molecule has 0 spiro atoms. The van der Waals surface area contributed by atoms with Gasteiger partial charge in [-0.3, -0.25) is 0 Å². The van der Waals surface area contributed by atoms with E-state index in [-0.39, 0.29) is 12.2 Å². The fraction of sp³-hybridized carbons (Fsp3) is 0.115. The van der Waals surface area contributed by atoms with Crippen molar-refractivity contribution in [2.45, 2.75) is 13.8 Å². The number of carboxylic acid groups (broad SMARTS) is 1. The first-order chi connectivity index (χ1) is 16.4. The van der Waals surface area contributed by atoms with Gasteiger partial charge in [-0.05, 0) is 49.2 Å². The molecule has 0 aliphatic heterocycles. The number of aromatic carboxylic acids is 1. The second kappa shape index (κ2) is 9.80. The van der Waals surface area contributed by atoms with E-state index in [1.54, 1.807) is 62.4 Å². The minimum Gasteiger partial charge on any atom is -0.478 e. The highest BCUT2D eigenvalue weighted by Crippen LogP contribution is 2.40. The summed E-state index contributed by atoms with van der Waals surface area (Å²) in [6.45, 7) is 3.63. The summed E-state index contributed by atoms with van der Waals surface area (Å²) in [7, 11) is 0. The van der Waals surface area contributed by atoms with Crippen LogP contribution in [0.15, 0.2) is 77.3 Å². The van der Waals surface area contributed by atoms with E-state index in [2.05, 4.69) is 5.16 Å². The van der Waals surface area contributed by atoms with Gasteiger partial charge in [-0.25, -0.2) is 14.5 Å². The van der Waals surface area contributed by atoms with E-state index in [1.165, 1.54) is 4.90 Å². The van der Waals surface area contributed by atoms with Gasteiger partial charge in [-0.15, -0.1) is 0 Å². The van der Waals surface area contributed by atoms with Gasteiger partial charge in [-0.1, -0.05) is 65.3 Å². The van der Waals surface area contributed by atoms with Crippen molar-refractivity contribution < 1.29 is 24.0 Å². The Balaban J connectivity index is 1.75. The van der Waals surface area contributed by atoms with Crippen molar-refractivity contribution in [1.29, 1.82) is 0 Å². The molecule has 0 aliphatic carbocycles. The second-order valence-corrected chi connectivity index (χ2v) is 7.79. The maximum atomic E-state index is 13.0. The molecule has 3 aromatic carbocycles. The molecule has 0 saturated heterocycles. The molecule has 0 fully saturated rings. The van der Waals surface area contributed by atoms with Crippen molar-refractivity contribution in [2.75, 3.05) is 11.5 Å². The number of rotatable bonds is 6. The summed E-state index contributed by atoms with van der Waals surface area (Å²) in [6.07, 6.45) is -0.599. The van der Waals surface area contributed by atoms with E-state index in [0.717, 1.165) is 16.7 Å². The molecule has 1 N–H and O–H groups in total. The third-order valence-corrected chi connectivity index (χ3v) is 5.54. The van der Waals surface area contributed by atoms with Crippen molar-refractivity contribution >= 4 is 35.0 Å². The number of amides is 1. The standard InChI is InChI=1S/C26H21ClN2O5/c1-3-33-26(32)29(22-7-5-4-6-21(22)27)24-16(2)34-28-23(24)19-12-8-17(9-13-19)18-10-14-20(15-11-18)25(30)31/h4-15H,3H2,1-2H3,(H,30,31). The monoisotopic (exact) mass is 476 g/mol. The highest BCUT2D eigenvalue weighted by atomic mass is 35.5. The number of carboxylic acids is 1. The van der Waals surface area contributed by atoms with Crippen LogP contribution in [0.2, 0.25) is 5.02 Å². The lowest BCUT2D eigenvalue weighted by Gasteiger charge is -2.23. The first-order valence-electron chi connectivity index (χ1n) is 10.5. The number of carbonyl (C=O) groups excluding carboxylic acids is 1. The molecular weight excluding hydrogens is 456 g/mol. The normalized spacial score (nSPS) is 10.7. The van der Waals surface area contributed by atoms with Crippen LogP contribution in [0.25, 0.3) is 22.4 Å². The molecule has 8 heteroatoms. The zero-order valence-corrected chi connectivity index (χ0v) is 19.2. The third-order valence-electron chi connectivity index (χ3n) is 5.22. The number of nitrogens with zero attached hydrogens (tertiary/aromatic N) is 2. The Labute approximate surface area is 201 Å². The Morgan fingerprint density at radius 2 is 1.56 bits per heavy atom. The number of aromatic nitrogens is 1. The number of hydrogen-bond acceptors (Lipinski definition) is 5. The zero-order chi connectivity index (χ0) is 24.2.